The Labute approximate surface area is 127 Å². The average Bonchev–Trinajstić information content (AvgIpc) is 2.27. The van der Waals surface area contributed by atoms with E-state index in [1.54, 1.807) is 19.0 Å². The average molecular weight is 299 g/mol. The Balaban J connectivity index is 2.45. The van der Waals surface area contributed by atoms with E-state index < -0.39 is 5.60 Å². The molecule has 1 aliphatic carbocycles. The highest BCUT2D eigenvalue weighted by atomic mass is 16.6. The van der Waals surface area contributed by atoms with Gasteiger partial charge in [-0.25, -0.2) is 4.79 Å². The van der Waals surface area contributed by atoms with Crippen LogP contribution in [0.3, 0.4) is 0 Å². The van der Waals surface area contributed by atoms with Crippen LogP contribution >= 0.6 is 0 Å². The summed E-state index contributed by atoms with van der Waals surface area (Å²) < 4.78 is 5.27. The van der Waals surface area contributed by atoms with E-state index in [2.05, 4.69) is 5.32 Å². The molecule has 0 heterocycles. The molecule has 0 aliphatic heterocycles. The molecule has 122 valence electrons. The number of carbonyl (C=O) groups excluding carboxylic acids is 1. The number of alkyl carbamates (subject to hydrolysis) is 1. The summed E-state index contributed by atoms with van der Waals surface area (Å²) in [7, 11) is 1.74. The predicted octanol–water partition coefficient (Wildman–Crippen LogP) is 1.84. The number of ether oxygens (including phenoxy) is 1. The van der Waals surface area contributed by atoms with Crippen LogP contribution < -0.4 is 11.2 Å². The first-order valence-corrected chi connectivity index (χ1v) is 7.42. The van der Waals surface area contributed by atoms with E-state index in [-0.39, 0.29) is 18.2 Å². The van der Waals surface area contributed by atoms with Crippen molar-refractivity contribution in [2.75, 3.05) is 7.05 Å². The lowest BCUT2D eigenvalue weighted by Gasteiger charge is -2.40. The van der Waals surface area contributed by atoms with Crippen LogP contribution in [0.5, 0.6) is 0 Å². The molecule has 4 N–H and O–H groups in total. The Morgan fingerprint density at radius 3 is 2.19 bits per heavy atom. The van der Waals surface area contributed by atoms with Gasteiger partial charge in [-0.15, -0.1) is 0 Å². The van der Waals surface area contributed by atoms with Gasteiger partial charge < -0.3 is 10.1 Å². The summed E-state index contributed by atoms with van der Waals surface area (Å²) in [5, 5.41) is 14.0. The van der Waals surface area contributed by atoms with Crippen LogP contribution in [0, 0.1) is 5.41 Å². The predicted molar refractivity (Wildman–Crippen MR) is 82.6 cm³/mol. The number of carbonyl (C=O) groups is 1. The minimum atomic E-state index is -0.475. The monoisotopic (exact) mass is 299 g/mol. The Morgan fingerprint density at radius 2 is 1.81 bits per heavy atom. The smallest absolute Gasteiger partial charge is 0.407 e. The molecule has 1 saturated carbocycles. The molecule has 1 rings (SSSR count). The standard InChI is InChI=1S/C14H29N5O2/c1-10(15)19(18(5)16)12-8-6-11(7-9-12)17-13(20)21-14(2,3)4/h11-12,15H,6-9,16H2,1-5H3,(H,17,20)/t11-,12-. The van der Waals surface area contributed by atoms with Crippen LogP contribution in [0.2, 0.25) is 0 Å². The zero-order chi connectivity index (χ0) is 16.2. The molecule has 0 atom stereocenters. The summed E-state index contributed by atoms with van der Waals surface area (Å²) >= 11 is 0. The summed E-state index contributed by atoms with van der Waals surface area (Å²) in [4.78, 5) is 11.8. The fourth-order valence-electron chi connectivity index (χ4n) is 2.71. The first-order chi connectivity index (χ1) is 9.60. The van der Waals surface area contributed by atoms with Crippen molar-refractivity contribution >= 4 is 11.9 Å². The van der Waals surface area contributed by atoms with E-state index >= 15 is 0 Å². The summed E-state index contributed by atoms with van der Waals surface area (Å²) in [6, 6.07) is 0.348. The summed E-state index contributed by atoms with van der Waals surface area (Å²) in [6.45, 7) is 7.29. The van der Waals surface area contributed by atoms with Crippen molar-refractivity contribution in [1.82, 2.24) is 15.4 Å². The normalized spacial score (nSPS) is 22.8. The minimum Gasteiger partial charge on any atom is -0.444 e. The van der Waals surface area contributed by atoms with Gasteiger partial charge in [-0.1, -0.05) is 0 Å². The third-order valence-electron chi connectivity index (χ3n) is 3.45. The zero-order valence-corrected chi connectivity index (χ0v) is 13.8. The maximum atomic E-state index is 11.8. The molecule has 0 aromatic carbocycles. The van der Waals surface area contributed by atoms with Gasteiger partial charge in [0, 0.05) is 19.1 Å². The Morgan fingerprint density at radius 1 is 1.29 bits per heavy atom. The van der Waals surface area contributed by atoms with Gasteiger partial charge in [0.05, 0.1) is 0 Å². The molecule has 0 unspecified atom stereocenters. The third kappa shape index (κ3) is 5.89. The van der Waals surface area contributed by atoms with Crippen molar-refractivity contribution in [3.05, 3.63) is 0 Å². The number of hydrogen-bond donors (Lipinski definition) is 3. The number of amidine groups is 1. The van der Waals surface area contributed by atoms with E-state index in [1.807, 2.05) is 20.8 Å². The van der Waals surface area contributed by atoms with Gasteiger partial charge >= 0.3 is 6.09 Å². The number of nitrogens with one attached hydrogen (secondary N) is 2. The molecule has 0 spiro atoms. The summed E-state index contributed by atoms with van der Waals surface area (Å²) in [5.74, 6) is 6.22. The van der Waals surface area contributed by atoms with Crippen molar-refractivity contribution in [2.45, 2.75) is 71.1 Å². The number of hydrazine groups is 2. The van der Waals surface area contributed by atoms with Gasteiger partial charge in [0.2, 0.25) is 0 Å². The van der Waals surface area contributed by atoms with Crippen LogP contribution in [0.25, 0.3) is 0 Å². The fourth-order valence-corrected chi connectivity index (χ4v) is 2.71. The quantitative estimate of drug-likeness (QED) is 0.320. The molecule has 0 radical (unpaired) electrons. The molecule has 7 nitrogen and oxygen atoms in total. The summed E-state index contributed by atoms with van der Waals surface area (Å²) in [5.41, 5.74) is -0.475. The molecular formula is C14H29N5O2. The molecule has 1 amide bonds. The van der Waals surface area contributed by atoms with Gasteiger partial charge in [-0.3, -0.25) is 16.3 Å². The van der Waals surface area contributed by atoms with Crippen LogP contribution in [-0.4, -0.2) is 46.8 Å². The maximum Gasteiger partial charge on any atom is 0.407 e. The van der Waals surface area contributed by atoms with Crippen molar-refractivity contribution in [2.24, 2.45) is 5.84 Å². The Hall–Kier alpha value is -1.34. The van der Waals surface area contributed by atoms with Crippen LogP contribution in [0.4, 0.5) is 4.79 Å². The number of rotatable bonds is 3. The highest BCUT2D eigenvalue weighted by Gasteiger charge is 2.29. The van der Waals surface area contributed by atoms with Crippen molar-refractivity contribution < 1.29 is 9.53 Å². The SMILES string of the molecule is CC(=N)N([C@H]1CC[C@H](NC(=O)OC(C)(C)C)CC1)N(C)N. The van der Waals surface area contributed by atoms with E-state index in [9.17, 15) is 4.79 Å². The van der Waals surface area contributed by atoms with Crippen molar-refractivity contribution in [3.8, 4) is 0 Å². The molecular weight excluding hydrogens is 270 g/mol. The molecule has 0 saturated heterocycles. The van der Waals surface area contributed by atoms with Crippen LogP contribution in [0.15, 0.2) is 0 Å². The molecule has 0 aromatic heterocycles. The largest absolute Gasteiger partial charge is 0.444 e. The third-order valence-corrected chi connectivity index (χ3v) is 3.45. The Kier molecular flexibility index (Phi) is 5.98. The maximum absolute atomic E-state index is 11.8. The van der Waals surface area contributed by atoms with E-state index in [0.717, 1.165) is 25.7 Å². The van der Waals surface area contributed by atoms with E-state index in [0.29, 0.717) is 5.84 Å². The molecule has 7 heteroatoms. The number of nitrogens with zero attached hydrogens (tertiary/aromatic N) is 2. The van der Waals surface area contributed by atoms with Crippen LogP contribution in [-0.2, 0) is 4.74 Å². The highest BCUT2D eigenvalue weighted by Crippen LogP contribution is 2.24. The number of nitrogens with two attached hydrogens (primary N) is 1. The topological polar surface area (TPSA) is 94.7 Å². The number of amides is 1. The van der Waals surface area contributed by atoms with Gasteiger partial charge in [0.25, 0.3) is 0 Å². The second-order valence-electron chi connectivity index (χ2n) is 6.66. The first-order valence-electron chi connectivity index (χ1n) is 7.42. The first kappa shape index (κ1) is 17.7. The number of hydrogen-bond acceptors (Lipinski definition) is 5. The second kappa shape index (κ2) is 7.09. The molecule has 0 aromatic rings. The van der Waals surface area contributed by atoms with Crippen LogP contribution in [0.1, 0.15) is 53.4 Å². The minimum absolute atomic E-state index is 0.132. The second-order valence-corrected chi connectivity index (χ2v) is 6.66. The van der Waals surface area contributed by atoms with Gasteiger partial charge in [-0.05, 0) is 53.4 Å². The lowest BCUT2D eigenvalue weighted by Crippen LogP contribution is -2.54. The lowest BCUT2D eigenvalue weighted by atomic mass is 9.91. The van der Waals surface area contributed by atoms with Crippen molar-refractivity contribution in [3.63, 3.8) is 0 Å². The lowest BCUT2D eigenvalue weighted by molar-refractivity contribution is 0.0114. The molecule has 1 fully saturated rings. The van der Waals surface area contributed by atoms with E-state index in [1.165, 1.54) is 5.12 Å². The fraction of sp³-hybridized carbons (Fsp3) is 0.857. The zero-order valence-electron chi connectivity index (χ0n) is 13.8. The molecule has 21 heavy (non-hydrogen) atoms. The summed E-state index contributed by atoms with van der Waals surface area (Å²) in [6.07, 6.45) is 3.14. The molecule has 0 bridgehead atoms. The van der Waals surface area contributed by atoms with Crippen molar-refractivity contribution in [1.29, 1.82) is 5.41 Å². The highest BCUT2D eigenvalue weighted by molar-refractivity contribution is 5.76. The van der Waals surface area contributed by atoms with Gasteiger partial charge in [0.15, 0.2) is 0 Å². The van der Waals surface area contributed by atoms with E-state index in [4.69, 9.17) is 16.0 Å². The van der Waals surface area contributed by atoms with Gasteiger partial charge in [-0.2, -0.15) is 5.12 Å². The Bertz CT molecular complexity index is 370. The molecule has 1 aliphatic rings. The van der Waals surface area contributed by atoms with Gasteiger partial charge in [0.1, 0.15) is 11.4 Å².